The van der Waals surface area contributed by atoms with Crippen LogP contribution in [0.1, 0.15) is 87.4 Å². The average molecular weight is 475 g/mol. The van der Waals surface area contributed by atoms with Crippen molar-refractivity contribution in [3.63, 3.8) is 0 Å². The molecular formula is C29H30O6. The van der Waals surface area contributed by atoms with Crippen LogP contribution < -0.4 is 0 Å². The molecule has 0 atom stereocenters. The lowest BCUT2D eigenvalue weighted by atomic mass is 9.73. The van der Waals surface area contributed by atoms with Crippen molar-refractivity contribution < 1.29 is 29.6 Å². The third-order valence-electron chi connectivity index (χ3n) is 7.07. The van der Waals surface area contributed by atoms with Crippen LogP contribution in [-0.2, 0) is 36.0 Å². The number of hydrogen-bond acceptors (Lipinski definition) is 5. The van der Waals surface area contributed by atoms with Gasteiger partial charge in [-0.05, 0) is 48.9 Å². The quantitative estimate of drug-likeness (QED) is 0.390. The maximum atomic E-state index is 13.3. The molecule has 1 aliphatic heterocycles. The molecule has 3 aromatic carbocycles. The molecule has 0 saturated carbocycles. The molecule has 0 aliphatic carbocycles. The van der Waals surface area contributed by atoms with Crippen LogP contribution in [0, 0.1) is 0 Å². The van der Waals surface area contributed by atoms with E-state index in [1.54, 1.807) is 18.2 Å². The fourth-order valence-corrected chi connectivity index (χ4v) is 5.37. The van der Waals surface area contributed by atoms with E-state index in [0.717, 1.165) is 11.1 Å². The van der Waals surface area contributed by atoms with Crippen molar-refractivity contribution in [1.82, 2.24) is 0 Å². The molecule has 0 saturated heterocycles. The van der Waals surface area contributed by atoms with E-state index >= 15 is 0 Å². The summed E-state index contributed by atoms with van der Waals surface area (Å²) in [5, 5.41) is 32.4. The number of fused-ring (bicyclic) bond motifs is 1. The number of phenols is 2. The van der Waals surface area contributed by atoms with Gasteiger partial charge in [0, 0.05) is 27.8 Å². The summed E-state index contributed by atoms with van der Waals surface area (Å²) in [5.41, 5.74) is 2.30. The molecule has 0 unspecified atom stereocenters. The van der Waals surface area contributed by atoms with E-state index < -0.39 is 17.5 Å². The van der Waals surface area contributed by atoms with Crippen LogP contribution in [0.25, 0.3) is 0 Å². The highest BCUT2D eigenvalue weighted by atomic mass is 16.6. The van der Waals surface area contributed by atoms with Crippen LogP contribution >= 0.6 is 0 Å². The minimum absolute atomic E-state index is 0.0597. The molecular weight excluding hydrogens is 444 g/mol. The summed E-state index contributed by atoms with van der Waals surface area (Å²) in [5.74, 6) is -1.62. The third-order valence-corrected chi connectivity index (χ3v) is 7.07. The first-order valence-corrected chi connectivity index (χ1v) is 12.0. The van der Waals surface area contributed by atoms with Crippen molar-refractivity contribution >= 4 is 11.9 Å². The van der Waals surface area contributed by atoms with Crippen molar-refractivity contribution in [2.45, 2.75) is 59.0 Å². The topological polar surface area (TPSA) is 104 Å². The second-order valence-corrected chi connectivity index (χ2v) is 8.72. The van der Waals surface area contributed by atoms with Gasteiger partial charge < -0.3 is 20.1 Å². The first-order chi connectivity index (χ1) is 16.8. The Kier molecular flexibility index (Phi) is 6.32. The monoisotopic (exact) mass is 474 g/mol. The van der Waals surface area contributed by atoms with Gasteiger partial charge in [0.1, 0.15) is 11.5 Å². The summed E-state index contributed by atoms with van der Waals surface area (Å²) in [6.07, 6.45) is 2.07. The van der Waals surface area contributed by atoms with E-state index in [0.29, 0.717) is 47.9 Å². The highest BCUT2D eigenvalue weighted by Crippen LogP contribution is 2.53. The minimum Gasteiger partial charge on any atom is -0.507 e. The molecule has 0 amide bonds. The molecule has 6 nitrogen and oxygen atoms in total. The Labute approximate surface area is 204 Å². The van der Waals surface area contributed by atoms with Gasteiger partial charge in [-0.25, -0.2) is 9.59 Å². The number of carboxylic acids is 1. The van der Waals surface area contributed by atoms with Crippen molar-refractivity contribution in [2.75, 3.05) is 0 Å². The highest BCUT2D eigenvalue weighted by Gasteiger charge is 2.53. The first-order valence-electron chi connectivity index (χ1n) is 12.0. The molecule has 0 bridgehead atoms. The van der Waals surface area contributed by atoms with Gasteiger partial charge in [0.15, 0.2) is 5.60 Å². The number of esters is 1. The second-order valence-electron chi connectivity index (χ2n) is 8.72. The van der Waals surface area contributed by atoms with Crippen LogP contribution in [0.2, 0.25) is 0 Å². The van der Waals surface area contributed by atoms with E-state index in [2.05, 4.69) is 0 Å². The number of aromatic carboxylic acids is 1. The lowest BCUT2D eigenvalue weighted by Gasteiger charge is -2.35. The van der Waals surface area contributed by atoms with Gasteiger partial charge in [0.05, 0.1) is 11.1 Å². The number of aryl methyl sites for hydroxylation is 2. The van der Waals surface area contributed by atoms with Gasteiger partial charge in [-0.3, -0.25) is 0 Å². The SMILES string of the molecule is CCc1ccc(C2(c3ccc(CC)c(O)c3CC)OC(=O)c3cccc(C(=O)O)c32)c(CC)c1O. The first kappa shape index (κ1) is 24.3. The molecule has 3 N–H and O–H groups in total. The number of carbonyl (C=O) groups is 2. The Bertz CT molecular complexity index is 1280. The molecule has 1 aliphatic rings. The van der Waals surface area contributed by atoms with Crippen LogP contribution in [0.5, 0.6) is 11.5 Å². The number of carboxylic acid groups (broad SMARTS) is 1. The largest absolute Gasteiger partial charge is 0.507 e. The van der Waals surface area contributed by atoms with Gasteiger partial charge in [-0.1, -0.05) is 58.0 Å². The Morgan fingerprint density at radius 1 is 0.800 bits per heavy atom. The standard InChI is InChI=1S/C29H30O6/c1-5-16-12-14-22(18(7-3)25(16)30)29(23-15-13-17(6-2)26(31)19(23)8-4)24-20(27(32)33)10-9-11-21(24)28(34)35-29/h9-15,30-31H,5-8H2,1-4H3,(H,32,33). The molecule has 1 heterocycles. The van der Waals surface area contributed by atoms with Gasteiger partial charge >= 0.3 is 11.9 Å². The predicted octanol–water partition coefficient (Wildman–Crippen LogP) is 5.51. The van der Waals surface area contributed by atoms with Crippen molar-refractivity contribution in [3.05, 3.63) is 92.5 Å². The molecule has 35 heavy (non-hydrogen) atoms. The molecule has 6 heteroatoms. The zero-order chi connectivity index (χ0) is 25.5. The van der Waals surface area contributed by atoms with Crippen LogP contribution in [0.4, 0.5) is 0 Å². The molecule has 3 aromatic rings. The van der Waals surface area contributed by atoms with Crippen LogP contribution in [0.15, 0.2) is 42.5 Å². The fourth-order valence-electron chi connectivity index (χ4n) is 5.37. The van der Waals surface area contributed by atoms with E-state index in [1.165, 1.54) is 12.1 Å². The highest BCUT2D eigenvalue weighted by molar-refractivity contribution is 6.02. The number of benzene rings is 3. The van der Waals surface area contributed by atoms with E-state index in [-0.39, 0.29) is 28.2 Å². The molecule has 0 fully saturated rings. The number of aromatic hydroxyl groups is 2. The van der Waals surface area contributed by atoms with Crippen molar-refractivity contribution in [3.8, 4) is 11.5 Å². The normalized spacial score (nSPS) is 14.0. The summed E-state index contributed by atoms with van der Waals surface area (Å²) in [7, 11) is 0. The Morgan fingerprint density at radius 3 is 1.74 bits per heavy atom. The van der Waals surface area contributed by atoms with Crippen LogP contribution in [-0.4, -0.2) is 27.3 Å². The van der Waals surface area contributed by atoms with E-state index in [9.17, 15) is 24.9 Å². The van der Waals surface area contributed by atoms with Crippen LogP contribution in [0.3, 0.4) is 0 Å². The Morgan fingerprint density at radius 2 is 1.31 bits per heavy atom. The number of phenolic OH excluding ortho intramolecular Hbond substituents is 2. The predicted molar refractivity (Wildman–Crippen MR) is 132 cm³/mol. The molecule has 4 rings (SSSR count). The van der Waals surface area contributed by atoms with Gasteiger partial charge in [-0.15, -0.1) is 0 Å². The third kappa shape index (κ3) is 3.47. The number of rotatable bonds is 7. The van der Waals surface area contributed by atoms with Crippen molar-refractivity contribution in [2.24, 2.45) is 0 Å². The fraction of sp³-hybridized carbons (Fsp3) is 0.310. The second kappa shape index (κ2) is 9.10. The molecule has 0 radical (unpaired) electrons. The Hall–Kier alpha value is -3.80. The van der Waals surface area contributed by atoms with E-state index in [4.69, 9.17) is 4.74 Å². The van der Waals surface area contributed by atoms with E-state index in [1.807, 2.05) is 39.8 Å². The summed E-state index contributed by atoms with van der Waals surface area (Å²) in [6, 6.07) is 11.7. The summed E-state index contributed by atoms with van der Waals surface area (Å²) < 4.78 is 6.20. The number of ether oxygens (including phenoxy) is 1. The number of hydrogen-bond donors (Lipinski definition) is 3. The van der Waals surface area contributed by atoms with Gasteiger partial charge in [0.2, 0.25) is 0 Å². The molecule has 0 spiro atoms. The summed E-state index contributed by atoms with van der Waals surface area (Å²) in [6.45, 7) is 7.66. The smallest absolute Gasteiger partial charge is 0.340 e. The maximum absolute atomic E-state index is 13.3. The Balaban J connectivity index is 2.24. The zero-order valence-electron chi connectivity index (χ0n) is 20.4. The lowest BCUT2D eigenvalue weighted by molar-refractivity contribution is 0.0239. The number of cyclic esters (lactones) is 1. The summed E-state index contributed by atoms with van der Waals surface area (Å²) in [4.78, 5) is 25.7. The minimum atomic E-state index is -1.65. The van der Waals surface area contributed by atoms with Gasteiger partial charge in [-0.2, -0.15) is 0 Å². The van der Waals surface area contributed by atoms with Gasteiger partial charge in [0.25, 0.3) is 0 Å². The molecule has 182 valence electrons. The lowest BCUT2D eigenvalue weighted by Crippen LogP contribution is -2.34. The number of carbonyl (C=O) groups excluding carboxylic acids is 1. The maximum Gasteiger partial charge on any atom is 0.340 e. The zero-order valence-corrected chi connectivity index (χ0v) is 20.4. The summed E-state index contributed by atoms with van der Waals surface area (Å²) >= 11 is 0. The molecule has 0 aromatic heterocycles. The average Bonchev–Trinajstić information content (AvgIpc) is 3.16. The van der Waals surface area contributed by atoms with Crippen molar-refractivity contribution in [1.29, 1.82) is 0 Å².